The third-order valence-corrected chi connectivity index (χ3v) is 4.78. The molecule has 1 aliphatic carbocycles. The molecule has 0 radical (unpaired) electrons. The van der Waals surface area contributed by atoms with Crippen molar-refractivity contribution in [3.63, 3.8) is 0 Å². The van der Waals surface area contributed by atoms with Crippen molar-refractivity contribution in [2.75, 3.05) is 0 Å². The van der Waals surface area contributed by atoms with Gasteiger partial charge in [0.15, 0.2) is 0 Å². The maximum absolute atomic E-state index is 6.10. The molecule has 2 rings (SSSR count). The number of unbranched alkanes of at least 4 members (excludes halogenated alkanes) is 2. The summed E-state index contributed by atoms with van der Waals surface area (Å²) in [6.07, 6.45) is 6.72. The van der Waals surface area contributed by atoms with Gasteiger partial charge in [0.25, 0.3) is 0 Å². The van der Waals surface area contributed by atoms with E-state index in [1.54, 1.807) is 0 Å². The van der Waals surface area contributed by atoms with E-state index in [1.165, 1.54) is 32.1 Å². The van der Waals surface area contributed by atoms with Gasteiger partial charge in [-0.2, -0.15) is 0 Å². The molecule has 2 fully saturated rings. The van der Waals surface area contributed by atoms with Crippen molar-refractivity contribution >= 4 is 7.12 Å². The van der Waals surface area contributed by atoms with E-state index in [2.05, 4.69) is 34.6 Å². The van der Waals surface area contributed by atoms with E-state index in [9.17, 15) is 0 Å². The van der Waals surface area contributed by atoms with Crippen LogP contribution in [0.15, 0.2) is 0 Å². The molecule has 1 aliphatic heterocycles. The standard InChI is InChI=1S/C14H27BO2/c1-6-7-8-9-11-10-12(11)15-16-13(2,3)14(4,5)17-15/h11-12H,6-10H2,1-5H3/t11-,12-/m0/s1. The largest absolute Gasteiger partial charge is 0.461 e. The van der Waals surface area contributed by atoms with Crippen LogP contribution in [0.25, 0.3) is 0 Å². The molecule has 0 aromatic heterocycles. The second-order valence-electron chi connectivity index (χ2n) is 6.78. The van der Waals surface area contributed by atoms with E-state index in [0.717, 1.165) is 5.92 Å². The lowest BCUT2D eigenvalue weighted by molar-refractivity contribution is 0.00578. The van der Waals surface area contributed by atoms with Gasteiger partial charge in [0.05, 0.1) is 11.2 Å². The Kier molecular flexibility index (Phi) is 3.62. The average molecular weight is 238 g/mol. The third kappa shape index (κ3) is 2.71. The third-order valence-electron chi connectivity index (χ3n) is 4.78. The molecule has 0 spiro atoms. The van der Waals surface area contributed by atoms with Gasteiger partial charge in [-0.3, -0.25) is 0 Å². The van der Waals surface area contributed by atoms with Crippen LogP contribution in [0.2, 0.25) is 5.82 Å². The minimum atomic E-state index is -0.159. The molecule has 0 unspecified atom stereocenters. The number of hydrogen-bond donors (Lipinski definition) is 0. The molecule has 0 amide bonds. The first-order valence-electron chi connectivity index (χ1n) is 7.23. The first-order valence-corrected chi connectivity index (χ1v) is 7.23. The van der Waals surface area contributed by atoms with Crippen LogP contribution in [-0.2, 0) is 9.31 Å². The predicted octanol–water partition coefficient (Wildman–Crippen LogP) is 4.05. The highest BCUT2D eigenvalue weighted by Gasteiger charge is 2.59. The van der Waals surface area contributed by atoms with Crippen LogP contribution in [0, 0.1) is 5.92 Å². The summed E-state index contributed by atoms with van der Waals surface area (Å²) >= 11 is 0. The zero-order valence-electron chi connectivity index (χ0n) is 12.1. The van der Waals surface area contributed by atoms with E-state index in [0.29, 0.717) is 5.82 Å². The summed E-state index contributed by atoms with van der Waals surface area (Å²) in [7, 11) is 0.0478. The van der Waals surface area contributed by atoms with E-state index in [-0.39, 0.29) is 18.3 Å². The highest BCUT2D eigenvalue weighted by molar-refractivity contribution is 6.48. The molecule has 2 atom stereocenters. The molecule has 2 nitrogen and oxygen atoms in total. The summed E-state index contributed by atoms with van der Waals surface area (Å²) in [6, 6.07) is 0. The zero-order valence-corrected chi connectivity index (χ0v) is 12.1. The van der Waals surface area contributed by atoms with Crippen molar-refractivity contribution in [3.8, 4) is 0 Å². The lowest BCUT2D eigenvalue weighted by atomic mass is 9.80. The van der Waals surface area contributed by atoms with E-state index in [1.807, 2.05) is 0 Å². The molecule has 0 aromatic rings. The smallest absolute Gasteiger partial charge is 0.403 e. The molecule has 0 aromatic carbocycles. The van der Waals surface area contributed by atoms with E-state index >= 15 is 0 Å². The van der Waals surface area contributed by atoms with Crippen molar-refractivity contribution in [2.45, 2.75) is 83.7 Å². The Morgan fingerprint density at radius 2 is 1.65 bits per heavy atom. The van der Waals surface area contributed by atoms with Gasteiger partial charge >= 0.3 is 7.12 Å². The van der Waals surface area contributed by atoms with Crippen LogP contribution >= 0.6 is 0 Å². The van der Waals surface area contributed by atoms with Gasteiger partial charge in [-0.05, 0) is 45.9 Å². The Morgan fingerprint density at radius 3 is 2.18 bits per heavy atom. The van der Waals surface area contributed by atoms with Gasteiger partial charge in [-0.25, -0.2) is 0 Å². The zero-order chi connectivity index (χ0) is 12.7. The first-order chi connectivity index (χ1) is 7.87. The monoisotopic (exact) mass is 238 g/mol. The molecular weight excluding hydrogens is 211 g/mol. The number of hydrogen-bond acceptors (Lipinski definition) is 2. The minimum Gasteiger partial charge on any atom is -0.403 e. The van der Waals surface area contributed by atoms with Gasteiger partial charge in [0.1, 0.15) is 0 Å². The molecule has 3 heteroatoms. The SMILES string of the molecule is CCCCC[C@H]1C[C@@H]1B1OC(C)(C)C(C)(C)O1. The van der Waals surface area contributed by atoms with Gasteiger partial charge in [-0.15, -0.1) is 0 Å². The summed E-state index contributed by atoms with van der Waals surface area (Å²) in [5, 5.41) is 0. The Balaban J connectivity index is 1.79. The quantitative estimate of drug-likeness (QED) is 0.531. The van der Waals surface area contributed by atoms with Crippen LogP contribution in [-0.4, -0.2) is 18.3 Å². The van der Waals surface area contributed by atoms with Gasteiger partial charge in [0.2, 0.25) is 0 Å². The fourth-order valence-corrected chi connectivity index (χ4v) is 2.66. The molecule has 1 saturated heterocycles. The molecule has 0 N–H and O–H groups in total. The topological polar surface area (TPSA) is 18.5 Å². The Labute approximate surface area is 107 Å². The molecule has 98 valence electrons. The summed E-state index contributed by atoms with van der Waals surface area (Å²) in [6.45, 7) is 10.8. The summed E-state index contributed by atoms with van der Waals surface area (Å²) in [4.78, 5) is 0. The molecule has 17 heavy (non-hydrogen) atoms. The van der Waals surface area contributed by atoms with Crippen molar-refractivity contribution in [3.05, 3.63) is 0 Å². The Bertz CT molecular complexity index is 259. The Hall–Kier alpha value is -0.0151. The highest BCUT2D eigenvalue weighted by Crippen LogP contribution is 2.54. The molecular formula is C14H27BO2. The first kappa shape index (κ1) is 13.4. The van der Waals surface area contributed by atoms with Crippen LogP contribution in [0.4, 0.5) is 0 Å². The molecule has 0 bridgehead atoms. The van der Waals surface area contributed by atoms with Crippen LogP contribution in [0.1, 0.15) is 66.7 Å². The maximum atomic E-state index is 6.10. The van der Waals surface area contributed by atoms with Crippen molar-refractivity contribution < 1.29 is 9.31 Å². The van der Waals surface area contributed by atoms with Crippen molar-refractivity contribution in [1.29, 1.82) is 0 Å². The van der Waals surface area contributed by atoms with Crippen LogP contribution in [0.3, 0.4) is 0 Å². The lowest BCUT2D eigenvalue weighted by Crippen LogP contribution is -2.41. The fourth-order valence-electron chi connectivity index (χ4n) is 2.66. The second kappa shape index (κ2) is 4.58. The molecule has 1 heterocycles. The second-order valence-corrected chi connectivity index (χ2v) is 6.78. The Morgan fingerprint density at radius 1 is 1.06 bits per heavy atom. The lowest BCUT2D eigenvalue weighted by Gasteiger charge is -2.32. The molecule has 2 aliphatic rings. The van der Waals surface area contributed by atoms with Gasteiger partial charge in [-0.1, -0.05) is 32.6 Å². The van der Waals surface area contributed by atoms with Gasteiger partial charge < -0.3 is 9.31 Å². The average Bonchev–Trinajstić information content (AvgIpc) is 2.91. The minimum absolute atomic E-state index is 0.0478. The molecule has 1 saturated carbocycles. The summed E-state index contributed by atoms with van der Waals surface area (Å²) in [5.74, 6) is 1.52. The highest BCUT2D eigenvalue weighted by atomic mass is 16.7. The van der Waals surface area contributed by atoms with Crippen LogP contribution in [0.5, 0.6) is 0 Å². The van der Waals surface area contributed by atoms with E-state index in [4.69, 9.17) is 9.31 Å². The summed E-state index contributed by atoms with van der Waals surface area (Å²) < 4.78 is 12.2. The van der Waals surface area contributed by atoms with Gasteiger partial charge in [0, 0.05) is 0 Å². The fraction of sp³-hybridized carbons (Fsp3) is 1.00. The summed E-state index contributed by atoms with van der Waals surface area (Å²) in [5.41, 5.74) is -0.317. The predicted molar refractivity (Wildman–Crippen MR) is 72.1 cm³/mol. The van der Waals surface area contributed by atoms with Crippen molar-refractivity contribution in [2.24, 2.45) is 5.92 Å². The van der Waals surface area contributed by atoms with Crippen LogP contribution < -0.4 is 0 Å². The number of rotatable bonds is 5. The maximum Gasteiger partial charge on any atom is 0.461 e. The van der Waals surface area contributed by atoms with Crippen molar-refractivity contribution in [1.82, 2.24) is 0 Å². The van der Waals surface area contributed by atoms with E-state index < -0.39 is 0 Å². The normalized spacial score (nSPS) is 34.1.